The minimum Gasteiger partial charge on any atom is -0.339 e. The number of aryl methyl sites for hydroxylation is 1. The summed E-state index contributed by atoms with van der Waals surface area (Å²) in [4.78, 5) is 4.21. The largest absolute Gasteiger partial charge is 0.339 e. The summed E-state index contributed by atoms with van der Waals surface area (Å²) in [5, 5.41) is 3.82. The Morgan fingerprint density at radius 1 is 1.33 bits per heavy atom. The van der Waals surface area contributed by atoms with Crippen molar-refractivity contribution in [3.05, 3.63) is 11.7 Å². The molecule has 4 nitrogen and oxygen atoms in total. The Balaban J connectivity index is 1.83. The Hall–Kier alpha value is -1.04. The highest BCUT2D eigenvalue weighted by Crippen LogP contribution is 2.43. The molecule has 0 aromatic carbocycles. The molecule has 2 N–H and O–H groups in total. The number of rotatable bonds is 6. The molecule has 1 heterocycles. The molecule has 1 fully saturated rings. The molecule has 102 valence electrons. The zero-order valence-electron chi connectivity index (χ0n) is 10.4. The normalized spacial score (nSPS) is 22.5. The number of nitrogens with zero attached hydrogens (tertiary/aromatic N) is 2. The van der Waals surface area contributed by atoms with Crippen LogP contribution in [0.25, 0.3) is 0 Å². The molecule has 18 heavy (non-hydrogen) atoms. The van der Waals surface area contributed by atoms with Gasteiger partial charge in [0.15, 0.2) is 5.82 Å². The van der Waals surface area contributed by atoms with Crippen LogP contribution in [-0.4, -0.2) is 22.6 Å². The first-order valence-electron chi connectivity index (χ1n) is 6.51. The van der Waals surface area contributed by atoms with Crippen molar-refractivity contribution in [3.8, 4) is 0 Å². The van der Waals surface area contributed by atoms with Crippen LogP contribution in [0.1, 0.15) is 56.2 Å². The van der Waals surface area contributed by atoms with Crippen molar-refractivity contribution in [1.82, 2.24) is 10.1 Å². The van der Waals surface area contributed by atoms with E-state index in [0.29, 0.717) is 31.1 Å². The fourth-order valence-electron chi connectivity index (χ4n) is 2.30. The van der Waals surface area contributed by atoms with Crippen molar-refractivity contribution >= 4 is 0 Å². The molecule has 1 aliphatic carbocycles. The molecule has 0 bridgehead atoms. The van der Waals surface area contributed by atoms with Gasteiger partial charge in [-0.15, -0.1) is 0 Å². The van der Waals surface area contributed by atoms with Crippen LogP contribution in [0.15, 0.2) is 4.52 Å². The molecule has 6 heteroatoms. The SMILES string of the molecule is NCCCCCc1nc(C2CCC(F)(F)C2)no1. The van der Waals surface area contributed by atoms with Gasteiger partial charge in [-0.25, -0.2) is 8.78 Å². The lowest BCUT2D eigenvalue weighted by molar-refractivity contribution is 0.00750. The van der Waals surface area contributed by atoms with Gasteiger partial charge in [0.2, 0.25) is 11.8 Å². The van der Waals surface area contributed by atoms with E-state index in [4.69, 9.17) is 10.3 Å². The predicted octanol–water partition coefficient (Wildman–Crippen LogP) is 2.64. The van der Waals surface area contributed by atoms with Crippen LogP contribution < -0.4 is 5.73 Å². The quantitative estimate of drug-likeness (QED) is 0.798. The van der Waals surface area contributed by atoms with Crippen molar-refractivity contribution in [2.45, 2.75) is 56.8 Å². The van der Waals surface area contributed by atoms with Gasteiger partial charge >= 0.3 is 0 Å². The number of alkyl halides is 2. The highest BCUT2D eigenvalue weighted by Gasteiger charge is 2.41. The van der Waals surface area contributed by atoms with E-state index in [1.807, 2.05) is 0 Å². The monoisotopic (exact) mass is 259 g/mol. The Morgan fingerprint density at radius 3 is 2.83 bits per heavy atom. The number of aromatic nitrogens is 2. The van der Waals surface area contributed by atoms with Crippen molar-refractivity contribution < 1.29 is 13.3 Å². The lowest BCUT2D eigenvalue weighted by Gasteiger charge is -2.06. The Labute approximate surface area is 105 Å². The standard InChI is InChI=1S/C12H19F2N3O/c13-12(14)6-5-9(8-12)11-16-10(18-17-11)4-2-1-3-7-15/h9H,1-8,15H2. The highest BCUT2D eigenvalue weighted by molar-refractivity contribution is 5.01. The van der Waals surface area contributed by atoms with E-state index in [2.05, 4.69) is 10.1 Å². The summed E-state index contributed by atoms with van der Waals surface area (Å²) in [5.74, 6) is -1.81. The van der Waals surface area contributed by atoms with Crippen molar-refractivity contribution in [1.29, 1.82) is 0 Å². The second-order valence-corrected chi connectivity index (χ2v) is 4.94. The number of nitrogens with two attached hydrogens (primary N) is 1. The lowest BCUT2D eigenvalue weighted by atomic mass is 10.1. The first-order valence-corrected chi connectivity index (χ1v) is 6.51. The smallest absolute Gasteiger partial charge is 0.248 e. The highest BCUT2D eigenvalue weighted by atomic mass is 19.3. The van der Waals surface area contributed by atoms with Crippen LogP contribution in [0, 0.1) is 0 Å². The predicted molar refractivity (Wildman–Crippen MR) is 62.4 cm³/mol. The van der Waals surface area contributed by atoms with Gasteiger partial charge < -0.3 is 10.3 Å². The molecule has 2 rings (SSSR count). The van der Waals surface area contributed by atoms with E-state index in [1.54, 1.807) is 0 Å². The maximum absolute atomic E-state index is 13.1. The molecule has 0 radical (unpaired) electrons. The van der Waals surface area contributed by atoms with E-state index in [-0.39, 0.29) is 18.8 Å². The van der Waals surface area contributed by atoms with Crippen LogP contribution >= 0.6 is 0 Å². The van der Waals surface area contributed by atoms with Gasteiger partial charge in [-0.3, -0.25) is 0 Å². The summed E-state index contributed by atoms with van der Waals surface area (Å²) >= 11 is 0. The third-order valence-electron chi connectivity index (χ3n) is 3.35. The van der Waals surface area contributed by atoms with Crippen LogP contribution in [0.2, 0.25) is 0 Å². The summed E-state index contributed by atoms with van der Waals surface area (Å²) in [6.45, 7) is 0.687. The molecule has 0 saturated heterocycles. The average molecular weight is 259 g/mol. The second-order valence-electron chi connectivity index (χ2n) is 4.94. The van der Waals surface area contributed by atoms with E-state index < -0.39 is 5.92 Å². The average Bonchev–Trinajstić information content (AvgIpc) is 2.91. The zero-order chi connectivity index (χ0) is 13.0. The van der Waals surface area contributed by atoms with Crippen LogP contribution in [-0.2, 0) is 6.42 Å². The molecule has 1 aliphatic rings. The summed E-state index contributed by atoms with van der Waals surface area (Å²) in [7, 11) is 0. The van der Waals surface area contributed by atoms with E-state index in [9.17, 15) is 8.78 Å². The molecule has 0 spiro atoms. The molecule has 1 aromatic heterocycles. The van der Waals surface area contributed by atoms with E-state index in [1.165, 1.54) is 0 Å². The van der Waals surface area contributed by atoms with Crippen molar-refractivity contribution in [3.63, 3.8) is 0 Å². The van der Waals surface area contributed by atoms with Gasteiger partial charge in [-0.1, -0.05) is 11.6 Å². The summed E-state index contributed by atoms with van der Waals surface area (Å²) in [6.07, 6.45) is 3.87. The Morgan fingerprint density at radius 2 is 2.17 bits per heavy atom. The number of hydrogen-bond donors (Lipinski definition) is 1. The molecule has 1 aromatic rings. The van der Waals surface area contributed by atoms with E-state index in [0.717, 1.165) is 19.3 Å². The van der Waals surface area contributed by atoms with Crippen molar-refractivity contribution in [2.24, 2.45) is 5.73 Å². The molecule has 1 unspecified atom stereocenters. The molecule has 0 amide bonds. The second kappa shape index (κ2) is 5.73. The first-order chi connectivity index (χ1) is 8.61. The fourth-order valence-corrected chi connectivity index (χ4v) is 2.30. The zero-order valence-corrected chi connectivity index (χ0v) is 10.4. The third-order valence-corrected chi connectivity index (χ3v) is 3.35. The van der Waals surface area contributed by atoms with Gasteiger partial charge in [0.05, 0.1) is 0 Å². The maximum atomic E-state index is 13.1. The molecule has 0 aliphatic heterocycles. The van der Waals surface area contributed by atoms with Gasteiger partial charge in [-0.2, -0.15) is 4.98 Å². The van der Waals surface area contributed by atoms with Gasteiger partial charge in [0.25, 0.3) is 0 Å². The lowest BCUT2D eigenvalue weighted by Crippen LogP contribution is -2.09. The minimum atomic E-state index is -2.56. The van der Waals surface area contributed by atoms with Gasteiger partial charge in [-0.05, 0) is 25.8 Å². The van der Waals surface area contributed by atoms with Crippen LogP contribution in [0.5, 0.6) is 0 Å². The molecule has 1 atom stereocenters. The van der Waals surface area contributed by atoms with Crippen LogP contribution in [0.4, 0.5) is 8.78 Å². The number of hydrogen-bond acceptors (Lipinski definition) is 4. The summed E-state index contributed by atoms with van der Waals surface area (Å²) < 4.78 is 31.2. The third kappa shape index (κ3) is 3.48. The molecular formula is C12H19F2N3O. The van der Waals surface area contributed by atoms with Crippen molar-refractivity contribution in [2.75, 3.05) is 6.54 Å². The minimum absolute atomic E-state index is 0.0714. The fraction of sp³-hybridized carbons (Fsp3) is 0.833. The summed E-state index contributed by atoms with van der Waals surface area (Å²) in [6, 6.07) is 0. The first kappa shape index (κ1) is 13.4. The summed E-state index contributed by atoms with van der Waals surface area (Å²) in [5.41, 5.74) is 5.40. The number of halogens is 2. The van der Waals surface area contributed by atoms with E-state index >= 15 is 0 Å². The van der Waals surface area contributed by atoms with Gasteiger partial charge in [0, 0.05) is 25.2 Å². The topological polar surface area (TPSA) is 64.9 Å². The Kier molecular flexibility index (Phi) is 4.27. The number of unbranched alkanes of at least 4 members (excludes halogenated alkanes) is 2. The van der Waals surface area contributed by atoms with Crippen LogP contribution in [0.3, 0.4) is 0 Å². The molecular weight excluding hydrogens is 240 g/mol. The Bertz CT molecular complexity index is 381. The van der Waals surface area contributed by atoms with Gasteiger partial charge in [0.1, 0.15) is 0 Å². The maximum Gasteiger partial charge on any atom is 0.248 e. The molecule has 1 saturated carbocycles.